The summed E-state index contributed by atoms with van der Waals surface area (Å²) in [4.78, 5) is 12.3. The van der Waals surface area contributed by atoms with E-state index in [4.69, 9.17) is 18.9 Å². The minimum atomic E-state index is -0.639. The van der Waals surface area contributed by atoms with E-state index >= 15 is 0 Å². The molecule has 1 atom stereocenters. The molecule has 0 bridgehead atoms. The van der Waals surface area contributed by atoms with Crippen LogP contribution < -0.4 is 24.3 Å². The Morgan fingerprint density at radius 2 is 1.88 bits per heavy atom. The van der Waals surface area contributed by atoms with Crippen molar-refractivity contribution in [2.45, 2.75) is 12.5 Å². The molecule has 1 heterocycles. The van der Waals surface area contributed by atoms with E-state index in [1.165, 1.54) is 0 Å². The van der Waals surface area contributed by atoms with Gasteiger partial charge in [-0.15, -0.1) is 0 Å². The third kappa shape index (κ3) is 3.96. The molecule has 2 aromatic rings. The van der Waals surface area contributed by atoms with Crippen LogP contribution in [-0.4, -0.2) is 39.4 Å². The zero-order valence-corrected chi connectivity index (χ0v) is 14.3. The summed E-state index contributed by atoms with van der Waals surface area (Å²) in [6, 6.07) is 13.0. The van der Waals surface area contributed by atoms with Gasteiger partial charge in [0.1, 0.15) is 6.61 Å². The number of benzene rings is 2. The number of hydrogen-bond donors (Lipinski definition) is 1. The third-order valence-corrected chi connectivity index (χ3v) is 3.96. The predicted molar refractivity (Wildman–Crippen MR) is 92.6 cm³/mol. The van der Waals surface area contributed by atoms with Crippen molar-refractivity contribution < 1.29 is 23.7 Å². The molecule has 0 radical (unpaired) electrons. The molecule has 0 saturated heterocycles. The summed E-state index contributed by atoms with van der Waals surface area (Å²) in [5.41, 5.74) is 1.05. The van der Waals surface area contributed by atoms with Gasteiger partial charge in [0.15, 0.2) is 23.0 Å². The fourth-order valence-corrected chi connectivity index (χ4v) is 2.63. The van der Waals surface area contributed by atoms with E-state index in [0.29, 0.717) is 36.0 Å². The number of methoxy groups -OCH3 is 2. The van der Waals surface area contributed by atoms with Crippen LogP contribution in [0.1, 0.15) is 5.56 Å². The van der Waals surface area contributed by atoms with Crippen molar-refractivity contribution in [1.29, 1.82) is 0 Å². The lowest BCUT2D eigenvalue weighted by Crippen LogP contribution is -2.44. The average Bonchev–Trinajstić information content (AvgIpc) is 2.67. The zero-order valence-electron chi connectivity index (χ0n) is 14.3. The number of fused-ring (bicyclic) bond motifs is 1. The standard InChI is InChI=1S/C19H21NO5/c1-22-14-8-7-13(11-17(14)23-2)9-10-20-19(21)18-12-24-15-5-3-4-6-16(15)25-18/h3-8,11,18H,9-10,12H2,1-2H3,(H,20,21)/t18-/m0/s1. The largest absolute Gasteiger partial charge is 0.493 e. The van der Waals surface area contributed by atoms with Crippen molar-refractivity contribution in [3.63, 3.8) is 0 Å². The highest BCUT2D eigenvalue weighted by Crippen LogP contribution is 2.31. The number of hydrogen-bond acceptors (Lipinski definition) is 5. The van der Waals surface area contributed by atoms with Crippen LogP contribution in [0.4, 0.5) is 0 Å². The summed E-state index contributed by atoms with van der Waals surface area (Å²) in [5.74, 6) is 2.43. The molecular formula is C19H21NO5. The molecule has 6 heteroatoms. The van der Waals surface area contributed by atoms with E-state index < -0.39 is 6.10 Å². The van der Waals surface area contributed by atoms with Gasteiger partial charge in [0.25, 0.3) is 5.91 Å². The first-order valence-corrected chi connectivity index (χ1v) is 8.08. The number of carbonyl (C=O) groups is 1. The Labute approximate surface area is 146 Å². The highest BCUT2D eigenvalue weighted by molar-refractivity contribution is 5.81. The highest BCUT2D eigenvalue weighted by Gasteiger charge is 2.26. The number of nitrogens with one attached hydrogen (secondary N) is 1. The Bertz CT molecular complexity index is 746. The van der Waals surface area contributed by atoms with Gasteiger partial charge in [-0.2, -0.15) is 0 Å². The van der Waals surface area contributed by atoms with Crippen LogP contribution in [-0.2, 0) is 11.2 Å². The van der Waals surface area contributed by atoms with E-state index in [-0.39, 0.29) is 12.5 Å². The summed E-state index contributed by atoms with van der Waals surface area (Å²) < 4.78 is 21.8. The Balaban J connectivity index is 1.52. The van der Waals surface area contributed by atoms with Crippen molar-refractivity contribution in [2.24, 2.45) is 0 Å². The maximum Gasteiger partial charge on any atom is 0.264 e. The fourth-order valence-electron chi connectivity index (χ4n) is 2.63. The van der Waals surface area contributed by atoms with Crippen LogP contribution in [0.2, 0.25) is 0 Å². The number of ether oxygens (including phenoxy) is 4. The SMILES string of the molecule is COc1ccc(CCNC(=O)[C@@H]2COc3ccccc3O2)cc1OC. The maximum absolute atomic E-state index is 12.3. The van der Waals surface area contributed by atoms with Gasteiger partial charge in [-0.25, -0.2) is 0 Å². The monoisotopic (exact) mass is 343 g/mol. The first kappa shape index (κ1) is 17.0. The lowest BCUT2D eigenvalue weighted by Gasteiger charge is -2.25. The first-order chi connectivity index (χ1) is 12.2. The molecule has 6 nitrogen and oxygen atoms in total. The van der Waals surface area contributed by atoms with Gasteiger partial charge in [-0.3, -0.25) is 4.79 Å². The fraction of sp³-hybridized carbons (Fsp3) is 0.316. The van der Waals surface area contributed by atoms with E-state index in [0.717, 1.165) is 5.56 Å². The van der Waals surface area contributed by atoms with Gasteiger partial charge in [0.2, 0.25) is 6.10 Å². The summed E-state index contributed by atoms with van der Waals surface area (Å²) >= 11 is 0. The van der Waals surface area contributed by atoms with Gasteiger partial charge in [-0.05, 0) is 36.2 Å². The summed E-state index contributed by atoms with van der Waals surface area (Å²) in [6.45, 7) is 0.703. The topological polar surface area (TPSA) is 66.0 Å². The molecule has 0 fully saturated rings. The lowest BCUT2D eigenvalue weighted by molar-refractivity contribution is -0.130. The van der Waals surface area contributed by atoms with Crippen LogP contribution in [0.5, 0.6) is 23.0 Å². The van der Waals surface area contributed by atoms with E-state index in [1.807, 2.05) is 36.4 Å². The molecule has 2 aromatic carbocycles. The smallest absolute Gasteiger partial charge is 0.264 e. The van der Waals surface area contributed by atoms with Gasteiger partial charge < -0.3 is 24.3 Å². The van der Waals surface area contributed by atoms with Crippen LogP contribution in [0, 0.1) is 0 Å². The van der Waals surface area contributed by atoms with Crippen LogP contribution in [0.3, 0.4) is 0 Å². The summed E-state index contributed by atoms with van der Waals surface area (Å²) in [6.07, 6.45) is 0.0382. The van der Waals surface area contributed by atoms with Crippen molar-refractivity contribution in [3.8, 4) is 23.0 Å². The van der Waals surface area contributed by atoms with E-state index in [2.05, 4.69) is 5.32 Å². The molecule has 0 saturated carbocycles. The number of amides is 1. The molecule has 1 aliphatic rings. The maximum atomic E-state index is 12.3. The van der Waals surface area contributed by atoms with Gasteiger partial charge in [0, 0.05) is 6.54 Å². The second kappa shape index (κ2) is 7.79. The Hall–Kier alpha value is -2.89. The normalized spacial score (nSPS) is 15.4. The quantitative estimate of drug-likeness (QED) is 0.871. The van der Waals surface area contributed by atoms with Gasteiger partial charge >= 0.3 is 0 Å². The third-order valence-electron chi connectivity index (χ3n) is 3.96. The highest BCUT2D eigenvalue weighted by atomic mass is 16.6. The molecule has 132 valence electrons. The minimum absolute atomic E-state index is 0.185. The minimum Gasteiger partial charge on any atom is -0.493 e. The molecule has 25 heavy (non-hydrogen) atoms. The van der Waals surface area contributed by atoms with E-state index in [9.17, 15) is 4.79 Å². The second-order valence-corrected chi connectivity index (χ2v) is 5.59. The molecule has 1 amide bonds. The second-order valence-electron chi connectivity index (χ2n) is 5.59. The predicted octanol–water partition coefficient (Wildman–Crippen LogP) is 2.20. The van der Waals surface area contributed by atoms with Gasteiger partial charge in [0.05, 0.1) is 14.2 Å². The summed E-state index contributed by atoms with van der Waals surface area (Å²) in [5, 5.41) is 2.88. The Kier molecular flexibility index (Phi) is 5.28. The molecule has 0 spiro atoms. The number of carbonyl (C=O) groups excluding carboxylic acids is 1. The molecule has 1 N–H and O–H groups in total. The molecule has 3 rings (SSSR count). The lowest BCUT2D eigenvalue weighted by atomic mass is 10.1. The average molecular weight is 343 g/mol. The molecule has 0 unspecified atom stereocenters. The number of rotatable bonds is 6. The first-order valence-electron chi connectivity index (χ1n) is 8.08. The Morgan fingerprint density at radius 3 is 2.64 bits per heavy atom. The molecular weight excluding hydrogens is 322 g/mol. The van der Waals surface area contributed by atoms with Crippen LogP contribution in [0.25, 0.3) is 0 Å². The van der Waals surface area contributed by atoms with Crippen molar-refractivity contribution in [3.05, 3.63) is 48.0 Å². The van der Waals surface area contributed by atoms with Crippen molar-refractivity contribution in [2.75, 3.05) is 27.4 Å². The van der Waals surface area contributed by atoms with E-state index in [1.54, 1.807) is 20.3 Å². The molecule has 0 aliphatic carbocycles. The summed E-state index contributed by atoms with van der Waals surface area (Å²) in [7, 11) is 3.20. The molecule has 1 aliphatic heterocycles. The zero-order chi connectivity index (χ0) is 17.6. The Morgan fingerprint density at radius 1 is 1.12 bits per heavy atom. The number of para-hydroxylation sites is 2. The molecule has 0 aromatic heterocycles. The van der Waals surface area contributed by atoms with Gasteiger partial charge in [-0.1, -0.05) is 18.2 Å². The van der Waals surface area contributed by atoms with Crippen molar-refractivity contribution >= 4 is 5.91 Å². The van der Waals surface area contributed by atoms with Crippen LogP contribution in [0.15, 0.2) is 42.5 Å². The van der Waals surface area contributed by atoms with Crippen molar-refractivity contribution in [1.82, 2.24) is 5.32 Å². The van der Waals surface area contributed by atoms with Crippen LogP contribution >= 0.6 is 0 Å².